The van der Waals surface area contributed by atoms with Crippen LogP contribution in [0.3, 0.4) is 0 Å². The number of aromatic nitrogens is 1. The molecule has 0 bridgehead atoms. The van der Waals surface area contributed by atoms with Crippen molar-refractivity contribution in [3.63, 3.8) is 0 Å². The minimum Gasteiger partial charge on any atom is -0.201 e. The molecule has 0 fully saturated rings. The van der Waals surface area contributed by atoms with Crippen molar-refractivity contribution in [1.82, 2.24) is 4.31 Å². The Bertz CT molecular complexity index is 401. The van der Waals surface area contributed by atoms with Gasteiger partial charge in [-0.25, -0.2) is 8.42 Å². The Kier molecular flexibility index (Phi) is 2.94. The van der Waals surface area contributed by atoms with Crippen LogP contribution < -0.4 is 3.97 Å². The molecule has 0 amide bonds. The predicted molar refractivity (Wildman–Crippen MR) is 51.9 cm³/mol. The van der Waals surface area contributed by atoms with Crippen LogP contribution in [-0.2, 0) is 10.0 Å². The van der Waals surface area contributed by atoms with Crippen LogP contribution in [-0.4, -0.2) is 26.8 Å². The van der Waals surface area contributed by atoms with Crippen LogP contribution in [0.15, 0.2) is 29.4 Å². The Morgan fingerprint density at radius 2 is 2.00 bits per heavy atom. The van der Waals surface area contributed by atoms with Crippen molar-refractivity contribution in [3.05, 3.63) is 24.4 Å². The molecule has 0 N–H and O–H groups in total. The summed E-state index contributed by atoms with van der Waals surface area (Å²) in [4.78, 5) is 0. The molecular formula is C7H11N2O2S2+. The van der Waals surface area contributed by atoms with E-state index in [1.807, 2.05) is 0 Å². The molecule has 0 radical (unpaired) electrons. The van der Waals surface area contributed by atoms with Crippen molar-refractivity contribution < 1.29 is 12.4 Å². The minimum atomic E-state index is -3.39. The Labute approximate surface area is 83.4 Å². The summed E-state index contributed by atoms with van der Waals surface area (Å²) in [5, 5.41) is 0.156. The quantitative estimate of drug-likeness (QED) is 0.558. The Hall–Kier alpha value is -0.590. The van der Waals surface area contributed by atoms with Gasteiger partial charge in [-0.05, 0) is 6.07 Å². The van der Waals surface area contributed by atoms with Gasteiger partial charge in [-0.2, -0.15) is 4.31 Å². The molecular weight excluding hydrogens is 208 g/mol. The second-order valence-electron chi connectivity index (χ2n) is 2.67. The zero-order valence-electron chi connectivity index (χ0n) is 7.38. The highest BCUT2D eigenvalue weighted by Gasteiger charge is 2.26. The first-order valence-corrected chi connectivity index (χ1v) is 5.43. The predicted octanol–water partition coefficient (Wildman–Crippen LogP) is -0.0827. The summed E-state index contributed by atoms with van der Waals surface area (Å²) in [6, 6.07) is 4.87. The van der Waals surface area contributed by atoms with E-state index in [0.29, 0.717) is 0 Å². The van der Waals surface area contributed by atoms with Gasteiger partial charge in [-0.15, -0.1) is 3.97 Å². The van der Waals surface area contributed by atoms with E-state index in [9.17, 15) is 8.42 Å². The molecule has 1 aromatic heterocycles. The van der Waals surface area contributed by atoms with Crippen LogP contribution in [0, 0.1) is 0 Å². The number of nitrogens with zero attached hydrogens (tertiary/aromatic N) is 2. The Balaban J connectivity index is 3.32. The summed E-state index contributed by atoms with van der Waals surface area (Å²) in [5.41, 5.74) is 0. The first-order chi connectivity index (χ1) is 5.96. The van der Waals surface area contributed by atoms with Gasteiger partial charge < -0.3 is 0 Å². The summed E-state index contributed by atoms with van der Waals surface area (Å²) < 4.78 is 25.6. The van der Waals surface area contributed by atoms with Crippen LogP contribution in [0.2, 0.25) is 0 Å². The van der Waals surface area contributed by atoms with E-state index in [1.165, 1.54) is 24.1 Å². The standard InChI is InChI=1S/C7H11N2O2S2/c1-8(2)13(10,11)7-5-3-4-6-9(7)12/h3-6,12H,1-2H3/q+1. The zero-order valence-corrected chi connectivity index (χ0v) is 9.09. The van der Waals surface area contributed by atoms with Gasteiger partial charge in [-0.3, -0.25) is 0 Å². The number of rotatable bonds is 2. The van der Waals surface area contributed by atoms with E-state index in [1.54, 1.807) is 18.3 Å². The molecule has 1 rings (SSSR count). The highest BCUT2D eigenvalue weighted by molar-refractivity contribution is 7.89. The van der Waals surface area contributed by atoms with E-state index in [0.717, 1.165) is 4.31 Å². The lowest BCUT2D eigenvalue weighted by atomic mass is 10.5. The summed E-state index contributed by atoms with van der Waals surface area (Å²) >= 11 is 4.00. The average molecular weight is 219 g/mol. The Morgan fingerprint density at radius 3 is 2.46 bits per heavy atom. The van der Waals surface area contributed by atoms with Crippen LogP contribution in [0.1, 0.15) is 0 Å². The lowest BCUT2D eigenvalue weighted by molar-refractivity contribution is -0.535. The van der Waals surface area contributed by atoms with Gasteiger partial charge in [-0.1, -0.05) is 0 Å². The molecule has 0 saturated heterocycles. The fourth-order valence-electron chi connectivity index (χ4n) is 0.810. The van der Waals surface area contributed by atoms with Crippen molar-refractivity contribution in [2.45, 2.75) is 5.03 Å². The SMILES string of the molecule is CN(C)S(=O)(=O)c1cccc[n+]1S. The van der Waals surface area contributed by atoms with Gasteiger partial charge in [0.05, 0.1) is 0 Å². The van der Waals surface area contributed by atoms with E-state index in [2.05, 4.69) is 12.8 Å². The highest BCUT2D eigenvalue weighted by Crippen LogP contribution is 2.07. The molecule has 0 aliphatic heterocycles. The monoisotopic (exact) mass is 219 g/mol. The van der Waals surface area contributed by atoms with Gasteiger partial charge in [0, 0.05) is 26.2 Å². The number of thiol groups is 1. The second-order valence-corrected chi connectivity index (χ2v) is 5.20. The third kappa shape index (κ3) is 2.01. The third-order valence-corrected chi connectivity index (χ3v) is 3.85. The molecule has 0 saturated carbocycles. The molecule has 1 heterocycles. The van der Waals surface area contributed by atoms with Crippen LogP contribution in [0.25, 0.3) is 0 Å². The van der Waals surface area contributed by atoms with Gasteiger partial charge in [0.1, 0.15) is 12.8 Å². The van der Waals surface area contributed by atoms with E-state index < -0.39 is 10.0 Å². The second kappa shape index (κ2) is 3.65. The topological polar surface area (TPSA) is 41.3 Å². The first kappa shape index (κ1) is 10.5. The van der Waals surface area contributed by atoms with Crippen molar-refractivity contribution in [2.75, 3.05) is 14.1 Å². The average Bonchev–Trinajstić information content (AvgIpc) is 2.04. The van der Waals surface area contributed by atoms with Gasteiger partial charge in [0.25, 0.3) is 0 Å². The maximum Gasteiger partial charge on any atom is 0.325 e. The molecule has 0 unspecified atom stereocenters. The summed E-state index contributed by atoms with van der Waals surface area (Å²) in [5.74, 6) is 0. The lowest BCUT2D eigenvalue weighted by Gasteiger charge is -2.07. The maximum absolute atomic E-state index is 11.6. The molecule has 13 heavy (non-hydrogen) atoms. The number of sulfonamides is 1. The van der Waals surface area contributed by atoms with Crippen LogP contribution in [0.4, 0.5) is 0 Å². The molecule has 0 aliphatic rings. The molecule has 6 heteroatoms. The molecule has 4 nitrogen and oxygen atoms in total. The molecule has 72 valence electrons. The number of hydrogen-bond donors (Lipinski definition) is 1. The van der Waals surface area contributed by atoms with Crippen LogP contribution >= 0.6 is 12.8 Å². The number of pyridine rings is 1. The maximum atomic E-state index is 11.6. The zero-order chi connectivity index (χ0) is 10.1. The smallest absolute Gasteiger partial charge is 0.201 e. The lowest BCUT2D eigenvalue weighted by Crippen LogP contribution is -2.35. The van der Waals surface area contributed by atoms with E-state index >= 15 is 0 Å². The molecule has 0 aliphatic carbocycles. The normalized spacial score (nSPS) is 12.0. The number of hydrogen-bond acceptors (Lipinski definition) is 3. The first-order valence-electron chi connectivity index (χ1n) is 3.58. The molecule has 0 spiro atoms. The third-order valence-electron chi connectivity index (χ3n) is 1.55. The molecule has 1 aromatic rings. The largest absolute Gasteiger partial charge is 0.325 e. The van der Waals surface area contributed by atoms with Crippen molar-refractivity contribution >= 4 is 22.8 Å². The van der Waals surface area contributed by atoms with Crippen molar-refractivity contribution in [3.8, 4) is 0 Å². The summed E-state index contributed by atoms with van der Waals surface area (Å²) in [7, 11) is -0.423. The van der Waals surface area contributed by atoms with Crippen molar-refractivity contribution in [2.24, 2.45) is 0 Å². The minimum absolute atomic E-state index is 0.156. The van der Waals surface area contributed by atoms with Gasteiger partial charge >= 0.3 is 15.0 Å². The fourth-order valence-corrected chi connectivity index (χ4v) is 2.19. The van der Waals surface area contributed by atoms with Crippen LogP contribution in [0.5, 0.6) is 0 Å². The highest BCUT2D eigenvalue weighted by atomic mass is 32.2. The van der Waals surface area contributed by atoms with Crippen molar-refractivity contribution in [1.29, 1.82) is 0 Å². The summed E-state index contributed by atoms with van der Waals surface area (Å²) in [6.07, 6.45) is 1.57. The molecule has 0 aromatic carbocycles. The summed E-state index contributed by atoms with van der Waals surface area (Å²) in [6.45, 7) is 0. The fraction of sp³-hybridized carbons (Fsp3) is 0.286. The van der Waals surface area contributed by atoms with E-state index in [-0.39, 0.29) is 5.03 Å². The Morgan fingerprint density at radius 1 is 1.38 bits per heavy atom. The van der Waals surface area contributed by atoms with E-state index in [4.69, 9.17) is 0 Å². The van der Waals surface area contributed by atoms with Gasteiger partial charge in [0.2, 0.25) is 0 Å². The van der Waals surface area contributed by atoms with Gasteiger partial charge in [0.15, 0.2) is 6.20 Å². The molecule has 0 atom stereocenters.